The van der Waals surface area contributed by atoms with Crippen LogP contribution in [0.3, 0.4) is 0 Å². The van der Waals surface area contributed by atoms with Crippen molar-refractivity contribution in [3.05, 3.63) is 70.1 Å². The number of aliphatic imine (C=N–C) groups is 1. The highest BCUT2D eigenvalue weighted by Crippen LogP contribution is 2.34. The molecular weight excluding hydrogens is 368 g/mol. The first-order valence-corrected chi connectivity index (χ1v) is 9.46. The highest BCUT2D eigenvalue weighted by atomic mass is 35.5. The monoisotopic (exact) mass is 386 g/mol. The zero-order valence-electron chi connectivity index (χ0n) is 14.4. The molecule has 2 aromatic carbocycles. The number of rotatable bonds is 6. The fourth-order valence-corrected chi connectivity index (χ4v) is 3.63. The average Bonchev–Trinajstić information content (AvgIpc) is 2.93. The third-order valence-corrected chi connectivity index (χ3v) is 5.03. The van der Waals surface area contributed by atoms with Gasteiger partial charge in [-0.2, -0.15) is 0 Å². The molecule has 0 atom stereocenters. The van der Waals surface area contributed by atoms with Crippen molar-refractivity contribution in [2.75, 3.05) is 20.3 Å². The molecule has 4 nitrogen and oxygen atoms in total. The Morgan fingerprint density at radius 1 is 1.15 bits per heavy atom. The fraction of sp³-hybridized carbons (Fsp3) is 0.200. The van der Waals surface area contributed by atoms with E-state index in [2.05, 4.69) is 4.99 Å². The van der Waals surface area contributed by atoms with Gasteiger partial charge < -0.3 is 4.74 Å². The normalized spacial score (nSPS) is 17.5. The average molecular weight is 387 g/mol. The van der Waals surface area contributed by atoms with Crippen LogP contribution < -0.4 is 0 Å². The number of nitrogens with zero attached hydrogens (tertiary/aromatic N) is 2. The van der Waals surface area contributed by atoms with Gasteiger partial charge in [0.05, 0.1) is 10.6 Å². The SMILES string of the molecule is COCCCN1C(=O)/C(=C/c2ccc(Cl)cc2)SC1=Nc1ccccc1. The third-order valence-electron chi connectivity index (χ3n) is 3.77. The Morgan fingerprint density at radius 2 is 1.88 bits per heavy atom. The zero-order valence-corrected chi connectivity index (χ0v) is 16.0. The van der Waals surface area contributed by atoms with Gasteiger partial charge in [-0.1, -0.05) is 41.9 Å². The van der Waals surface area contributed by atoms with Crippen LogP contribution in [0.25, 0.3) is 6.08 Å². The Balaban J connectivity index is 1.88. The molecule has 3 rings (SSSR count). The van der Waals surface area contributed by atoms with Gasteiger partial charge in [-0.05, 0) is 54.1 Å². The summed E-state index contributed by atoms with van der Waals surface area (Å²) in [5, 5.41) is 1.36. The van der Waals surface area contributed by atoms with Crippen LogP contribution in [-0.4, -0.2) is 36.2 Å². The summed E-state index contributed by atoms with van der Waals surface area (Å²) in [5.74, 6) is -0.0317. The fourth-order valence-electron chi connectivity index (χ4n) is 2.48. The Morgan fingerprint density at radius 3 is 2.58 bits per heavy atom. The van der Waals surface area contributed by atoms with E-state index in [9.17, 15) is 4.79 Å². The Bertz CT molecular complexity index is 819. The predicted molar refractivity (Wildman–Crippen MR) is 109 cm³/mol. The summed E-state index contributed by atoms with van der Waals surface area (Å²) >= 11 is 7.32. The topological polar surface area (TPSA) is 41.9 Å². The van der Waals surface area contributed by atoms with Crippen LogP contribution in [-0.2, 0) is 9.53 Å². The van der Waals surface area contributed by atoms with Gasteiger partial charge in [0.15, 0.2) is 5.17 Å². The zero-order chi connectivity index (χ0) is 18.4. The largest absolute Gasteiger partial charge is 0.385 e. The first-order valence-electron chi connectivity index (χ1n) is 8.27. The lowest BCUT2D eigenvalue weighted by atomic mass is 10.2. The van der Waals surface area contributed by atoms with Crippen LogP contribution in [0, 0.1) is 0 Å². The molecule has 1 aliphatic rings. The number of hydrogen-bond donors (Lipinski definition) is 0. The molecule has 1 amide bonds. The van der Waals surface area contributed by atoms with Gasteiger partial charge >= 0.3 is 0 Å². The minimum absolute atomic E-state index is 0.0317. The second-order valence-electron chi connectivity index (χ2n) is 5.70. The van der Waals surface area contributed by atoms with E-state index in [1.807, 2.05) is 60.7 Å². The molecular formula is C20H19ClN2O2S. The van der Waals surface area contributed by atoms with Gasteiger partial charge in [0.25, 0.3) is 5.91 Å². The molecule has 0 bridgehead atoms. The quantitative estimate of drug-likeness (QED) is 0.519. The lowest BCUT2D eigenvalue weighted by molar-refractivity contribution is -0.122. The highest BCUT2D eigenvalue weighted by Gasteiger charge is 2.32. The summed E-state index contributed by atoms with van der Waals surface area (Å²) < 4.78 is 5.11. The van der Waals surface area contributed by atoms with Crippen LogP contribution >= 0.6 is 23.4 Å². The van der Waals surface area contributed by atoms with E-state index in [0.29, 0.717) is 28.2 Å². The Hall–Kier alpha value is -2.08. The first-order chi connectivity index (χ1) is 12.7. The number of benzene rings is 2. The molecule has 0 radical (unpaired) electrons. The summed E-state index contributed by atoms with van der Waals surface area (Å²) in [6.07, 6.45) is 2.63. The van der Waals surface area contributed by atoms with Crippen molar-refractivity contribution in [3.63, 3.8) is 0 Å². The molecule has 1 aliphatic heterocycles. The number of para-hydroxylation sites is 1. The maximum atomic E-state index is 12.9. The van der Waals surface area contributed by atoms with Crippen LogP contribution in [0.1, 0.15) is 12.0 Å². The summed E-state index contributed by atoms with van der Waals surface area (Å²) in [5.41, 5.74) is 1.76. The van der Waals surface area contributed by atoms with Crippen molar-refractivity contribution < 1.29 is 9.53 Å². The number of hydrogen-bond acceptors (Lipinski definition) is 4. The Kier molecular flexibility index (Phi) is 6.50. The Labute approximate surface area is 162 Å². The molecule has 1 heterocycles. The van der Waals surface area contributed by atoms with E-state index in [-0.39, 0.29) is 5.91 Å². The van der Waals surface area contributed by atoms with Crippen molar-refractivity contribution >= 4 is 46.2 Å². The summed E-state index contributed by atoms with van der Waals surface area (Å²) in [6.45, 7) is 1.17. The summed E-state index contributed by atoms with van der Waals surface area (Å²) in [7, 11) is 1.66. The van der Waals surface area contributed by atoms with E-state index in [0.717, 1.165) is 17.7 Å². The van der Waals surface area contributed by atoms with E-state index in [1.54, 1.807) is 12.0 Å². The maximum Gasteiger partial charge on any atom is 0.266 e. The highest BCUT2D eigenvalue weighted by molar-refractivity contribution is 8.18. The molecule has 0 N–H and O–H groups in total. The number of carbonyl (C=O) groups excluding carboxylic acids is 1. The second-order valence-corrected chi connectivity index (χ2v) is 7.14. The molecule has 1 saturated heterocycles. The lowest BCUT2D eigenvalue weighted by Crippen LogP contribution is -2.30. The molecule has 0 saturated carbocycles. The van der Waals surface area contributed by atoms with E-state index in [4.69, 9.17) is 16.3 Å². The number of amidine groups is 1. The molecule has 26 heavy (non-hydrogen) atoms. The van der Waals surface area contributed by atoms with Gasteiger partial charge in [0, 0.05) is 25.3 Å². The van der Waals surface area contributed by atoms with Gasteiger partial charge in [-0.3, -0.25) is 9.69 Å². The van der Waals surface area contributed by atoms with Gasteiger partial charge in [0.1, 0.15) is 0 Å². The summed E-state index contributed by atoms with van der Waals surface area (Å²) in [6, 6.07) is 17.1. The van der Waals surface area contributed by atoms with Gasteiger partial charge in [-0.25, -0.2) is 4.99 Å². The van der Waals surface area contributed by atoms with Gasteiger partial charge in [0.2, 0.25) is 0 Å². The van der Waals surface area contributed by atoms with Crippen LogP contribution in [0.5, 0.6) is 0 Å². The number of thioether (sulfide) groups is 1. The van der Waals surface area contributed by atoms with Crippen molar-refractivity contribution in [1.82, 2.24) is 4.90 Å². The molecule has 6 heteroatoms. The maximum absolute atomic E-state index is 12.9. The summed E-state index contributed by atoms with van der Waals surface area (Å²) in [4.78, 5) is 19.9. The van der Waals surface area contributed by atoms with Crippen molar-refractivity contribution in [2.24, 2.45) is 4.99 Å². The minimum Gasteiger partial charge on any atom is -0.385 e. The third kappa shape index (κ3) is 4.75. The molecule has 0 aromatic heterocycles. The number of methoxy groups -OCH3 is 1. The predicted octanol–water partition coefficient (Wildman–Crippen LogP) is 4.98. The van der Waals surface area contributed by atoms with Crippen LogP contribution in [0.4, 0.5) is 5.69 Å². The molecule has 0 unspecified atom stereocenters. The number of carbonyl (C=O) groups is 1. The molecule has 134 valence electrons. The van der Waals surface area contributed by atoms with E-state index >= 15 is 0 Å². The van der Waals surface area contributed by atoms with Crippen LogP contribution in [0.2, 0.25) is 5.02 Å². The number of amides is 1. The van der Waals surface area contributed by atoms with Gasteiger partial charge in [-0.15, -0.1) is 0 Å². The second kappa shape index (κ2) is 9.03. The molecule has 0 spiro atoms. The van der Waals surface area contributed by atoms with Crippen molar-refractivity contribution in [3.8, 4) is 0 Å². The van der Waals surface area contributed by atoms with E-state index in [1.165, 1.54) is 11.8 Å². The van der Waals surface area contributed by atoms with Crippen molar-refractivity contribution in [2.45, 2.75) is 6.42 Å². The number of ether oxygens (including phenoxy) is 1. The molecule has 0 aliphatic carbocycles. The van der Waals surface area contributed by atoms with E-state index < -0.39 is 0 Å². The van der Waals surface area contributed by atoms with Crippen LogP contribution in [0.15, 0.2) is 64.5 Å². The minimum atomic E-state index is -0.0317. The molecule has 1 fully saturated rings. The lowest BCUT2D eigenvalue weighted by Gasteiger charge is -2.15. The smallest absolute Gasteiger partial charge is 0.266 e. The number of halogens is 1. The molecule has 2 aromatic rings. The first kappa shape index (κ1) is 18.7. The van der Waals surface area contributed by atoms with Crippen molar-refractivity contribution in [1.29, 1.82) is 0 Å². The standard InChI is InChI=1S/C20H19ClN2O2S/c1-25-13-5-12-23-19(24)18(14-15-8-10-16(21)11-9-15)26-20(23)22-17-6-3-2-4-7-17/h2-4,6-11,14H,5,12-13H2,1H3/b18-14-,22-20?.